The first kappa shape index (κ1) is 21.7. The topological polar surface area (TPSA) is 65.6 Å². The first-order valence-corrected chi connectivity index (χ1v) is 10.6. The number of hydrogen-bond acceptors (Lipinski definition) is 5. The number of ether oxygens (including phenoxy) is 2. The molecule has 3 amide bonds. The van der Waals surface area contributed by atoms with E-state index in [1.807, 2.05) is 0 Å². The number of halogens is 1. The van der Waals surface area contributed by atoms with Gasteiger partial charge < -0.3 is 24.2 Å². The van der Waals surface area contributed by atoms with Crippen LogP contribution < -0.4 is 19.3 Å². The van der Waals surface area contributed by atoms with Gasteiger partial charge in [-0.25, -0.2) is 9.18 Å². The summed E-state index contributed by atoms with van der Waals surface area (Å²) in [6, 6.07) is 11.5. The Morgan fingerprint density at radius 2 is 1.53 bits per heavy atom. The quantitative estimate of drug-likeness (QED) is 0.688. The molecule has 32 heavy (non-hydrogen) atoms. The van der Waals surface area contributed by atoms with Crippen molar-refractivity contribution in [2.45, 2.75) is 0 Å². The number of rotatable bonds is 6. The number of nitrogens with zero attached hydrogens (tertiary/aromatic N) is 4. The summed E-state index contributed by atoms with van der Waals surface area (Å²) in [6.45, 7) is 3.51. The lowest BCUT2D eigenvalue weighted by atomic mass is 10.2. The van der Waals surface area contributed by atoms with Crippen molar-refractivity contribution < 1.29 is 23.5 Å². The predicted octanol–water partition coefficient (Wildman–Crippen LogP) is 2.43. The molecule has 9 heteroatoms. The van der Waals surface area contributed by atoms with Crippen LogP contribution in [0, 0.1) is 5.82 Å². The van der Waals surface area contributed by atoms with E-state index in [1.165, 1.54) is 12.1 Å². The fourth-order valence-electron chi connectivity index (χ4n) is 4.09. The van der Waals surface area contributed by atoms with Gasteiger partial charge in [0, 0.05) is 56.7 Å². The molecule has 0 spiro atoms. The van der Waals surface area contributed by atoms with Crippen molar-refractivity contribution in [1.29, 1.82) is 0 Å². The van der Waals surface area contributed by atoms with E-state index < -0.39 is 0 Å². The van der Waals surface area contributed by atoms with E-state index in [2.05, 4.69) is 4.90 Å². The zero-order valence-corrected chi connectivity index (χ0v) is 18.3. The third-order valence-corrected chi connectivity index (χ3v) is 5.92. The van der Waals surface area contributed by atoms with Gasteiger partial charge in [-0.05, 0) is 36.4 Å². The Balaban J connectivity index is 1.33. The molecule has 0 aromatic heterocycles. The van der Waals surface area contributed by atoms with Crippen molar-refractivity contribution in [1.82, 2.24) is 9.80 Å². The minimum absolute atomic E-state index is 0.0547. The molecule has 170 valence electrons. The number of hydrogen-bond donors (Lipinski definition) is 0. The predicted molar refractivity (Wildman–Crippen MR) is 119 cm³/mol. The van der Waals surface area contributed by atoms with Gasteiger partial charge >= 0.3 is 6.03 Å². The molecule has 2 saturated heterocycles. The van der Waals surface area contributed by atoms with E-state index in [-0.39, 0.29) is 24.3 Å². The molecule has 2 aromatic rings. The number of methoxy groups -OCH3 is 2. The van der Waals surface area contributed by atoms with Crippen LogP contribution in [0.1, 0.15) is 0 Å². The lowest BCUT2D eigenvalue weighted by Gasteiger charge is -2.36. The van der Waals surface area contributed by atoms with Gasteiger partial charge in [0.1, 0.15) is 12.4 Å². The van der Waals surface area contributed by atoms with Gasteiger partial charge in [-0.1, -0.05) is 0 Å². The maximum absolute atomic E-state index is 13.1. The summed E-state index contributed by atoms with van der Waals surface area (Å²) in [5.74, 6) is 0.812. The lowest BCUT2D eigenvalue weighted by molar-refractivity contribution is -0.131. The monoisotopic (exact) mass is 442 g/mol. The number of carbonyl (C=O) groups excluding carboxylic acids is 2. The van der Waals surface area contributed by atoms with Crippen molar-refractivity contribution in [2.24, 2.45) is 0 Å². The van der Waals surface area contributed by atoms with Crippen LogP contribution in [0.5, 0.6) is 11.5 Å². The van der Waals surface area contributed by atoms with Gasteiger partial charge in [0.05, 0.1) is 14.2 Å². The van der Waals surface area contributed by atoms with Crippen molar-refractivity contribution in [3.8, 4) is 11.5 Å². The zero-order valence-electron chi connectivity index (χ0n) is 18.3. The van der Waals surface area contributed by atoms with Gasteiger partial charge in [-0.15, -0.1) is 0 Å². The summed E-state index contributed by atoms with van der Waals surface area (Å²) in [4.78, 5) is 32.9. The number of anilines is 2. The fraction of sp³-hybridized carbons (Fsp3) is 0.391. The first-order valence-electron chi connectivity index (χ1n) is 10.6. The van der Waals surface area contributed by atoms with E-state index in [1.54, 1.807) is 59.3 Å². The molecular weight excluding hydrogens is 415 g/mol. The molecule has 2 aliphatic heterocycles. The van der Waals surface area contributed by atoms with Crippen LogP contribution in [0.15, 0.2) is 42.5 Å². The van der Waals surface area contributed by atoms with E-state index in [0.29, 0.717) is 56.5 Å². The van der Waals surface area contributed by atoms with E-state index in [9.17, 15) is 14.0 Å². The fourth-order valence-corrected chi connectivity index (χ4v) is 4.09. The Labute approximate surface area is 186 Å². The van der Waals surface area contributed by atoms with Crippen molar-refractivity contribution in [3.05, 3.63) is 48.3 Å². The van der Waals surface area contributed by atoms with Gasteiger partial charge in [0.15, 0.2) is 11.5 Å². The molecular formula is C23H27FN4O4. The summed E-state index contributed by atoms with van der Waals surface area (Å²) in [6.07, 6.45) is 0. The Morgan fingerprint density at radius 1 is 0.875 bits per heavy atom. The molecule has 0 saturated carbocycles. The summed E-state index contributed by atoms with van der Waals surface area (Å²) >= 11 is 0. The maximum Gasteiger partial charge on any atom is 0.325 e. The third-order valence-electron chi connectivity index (χ3n) is 5.92. The number of amides is 3. The Hall–Kier alpha value is -3.49. The van der Waals surface area contributed by atoms with E-state index in [0.717, 1.165) is 5.69 Å². The van der Waals surface area contributed by atoms with Crippen LogP contribution in [0.3, 0.4) is 0 Å². The Kier molecular flexibility index (Phi) is 6.34. The normalized spacial score (nSPS) is 16.5. The average Bonchev–Trinajstić information content (AvgIpc) is 3.19. The van der Waals surface area contributed by atoms with Crippen LogP contribution in [0.25, 0.3) is 0 Å². The summed E-state index contributed by atoms with van der Waals surface area (Å²) in [5, 5.41) is 0. The van der Waals surface area contributed by atoms with Gasteiger partial charge in [0.25, 0.3) is 0 Å². The third kappa shape index (κ3) is 4.42. The number of carbonyl (C=O) groups is 2. The molecule has 8 nitrogen and oxygen atoms in total. The van der Waals surface area contributed by atoms with Crippen molar-refractivity contribution >= 4 is 23.3 Å². The minimum atomic E-state index is -0.264. The SMILES string of the molecule is COc1ccc(N2CCN(CC(=O)N3CCN(c4ccc(F)cc4)CC3)C2=O)cc1OC. The van der Waals surface area contributed by atoms with Crippen LogP contribution in [0.2, 0.25) is 0 Å². The van der Waals surface area contributed by atoms with Gasteiger partial charge in [-0.3, -0.25) is 9.69 Å². The molecule has 0 aliphatic carbocycles. The van der Waals surface area contributed by atoms with Crippen LogP contribution in [-0.2, 0) is 4.79 Å². The molecule has 0 unspecified atom stereocenters. The zero-order chi connectivity index (χ0) is 22.7. The largest absolute Gasteiger partial charge is 0.493 e. The Morgan fingerprint density at radius 3 is 2.19 bits per heavy atom. The van der Waals surface area contributed by atoms with Crippen molar-refractivity contribution in [3.63, 3.8) is 0 Å². The number of piperazine rings is 1. The van der Waals surface area contributed by atoms with Crippen LogP contribution >= 0.6 is 0 Å². The highest BCUT2D eigenvalue weighted by Crippen LogP contribution is 2.32. The van der Waals surface area contributed by atoms with Crippen LogP contribution in [-0.4, -0.2) is 81.8 Å². The minimum Gasteiger partial charge on any atom is -0.493 e. The molecule has 2 fully saturated rings. The summed E-state index contributed by atoms with van der Waals surface area (Å²) in [5.41, 5.74) is 1.65. The second-order valence-electron chi connectivity index (χ2n) is 7.74. The van der Waals surface area contributed by atoms with Gasteiger partial charge in [0.2, 0.25) is 5.91 Å². The maximum atomic E-state index is 13.1. The lowest BCUT2D eigenvalue weighted by Crippen LogP contribution is -2.51. The van der Waals surface area contributed by atoms with E-state index >= 15 is 0 Å². The second-order valence-corrected chi connectivity index (χ2v) is 7.74. The summed E-state index contributed by atoms with van der Waals surface area (Å²) in [7, 11) is 3.11. The standard InChI is InChI=1S/C23H27FN4O4/c1-31-20-8-7-19(15-21(20)32-2)28-14-13-27(23(28)30)16-22(29)26-11-9-25(10-12-26)18-5-3-17(24)4-6-18/h3-8,15H,9-14,16H2,1-2H3. The molecule has 2 aromatic carbocycles. The number of benzene rings is 2. The smallest absolute Gasteiger partial charge is 0.325 e. The molecule has 0 bridgehead atoms. The molecule has 4 rings (SSSR count). The molecule has 0 N–H and O–H groups in total. The molecule has 0 atom stereocenters. The molecule has 2 heterocycles. The average molecular weight is 442 g/mol. The van der Waals surface area contributed by atoms with Crippen molar-refractivity contribution in [2.75, 3.05) is 69.8 Å². The van der Waals surface area contributed by atoms with Crippen LogP contribution in [0.4, 0.5) is 20.6 Å². The highest BCUT2D eigenvalue weighted by molar-refractivity contribution is 5.96. The molecule has 0 radical (unpaired) electrons. The highest BCUT2D eigenvalue weighted by atomic mass is 19.1. The second kappa shape index (κ2) is 9.33. The van der Waals surface area contributed by atoms with E-state index in [4.69, 9.17) is 9.47 Å². The first-order chi connectivity index (χ1) is 15.5. The number of urea groups is 1. The summed E-state index contributed by atoms with van der Waals surface area (Å²) < 4.78 is 23.7. The Bertz CT molecular complexity index is 976. The van der Waals surface area contributed by atoms with Gasteiger partial charge in [-0.2, -0.15) is 0 Å². The molecule has 2 aliphatic rings. The highest BCUT2D eigenvalue weighted by Gasteiger charge is 2.33.